The molecule has 2 aromatic carbocycles. The lowest BCUT2D eigenvalue weighted by molar-refractivity contribution is -0.133. The highest BCUT2D eigenvalue weighted by atomic mass is 16.6. The van der Waals surface area contributed by atoms with E-state index in [1.165, 1.54) is 5.56 Å². The van der Waals surface area contributed by atoms with Crippen molar-refractivity contribution in [2.24, 2.45) is 0 Å². The standard InChI is InChI=1S/C19H19NO3/c1-4-22-18-10-16(12-20)7-8-17(18)23-19(21)11-15-6-5-13(2)14(3)9-15/h5-10H,4,11H2,1-3H3. The Morgan fingerprint density at radius 1 is 1.09 bits per heavy atom. The molecule has 0 aliphatic carbocycles. The highest BCUT2D eigenvalue weighted by molar-refractivity contribution is 5.76. The van der Waals surface area contributed by atoms with Crippen molar-refractivity contribution in [1.29, 1.82) is 5.26 Å². The molecule has 0 amide bonds. The van der Waals surface area contributed by atoms with E-state index in [0.717, 1.165) is 11.1 Å². The van der Waals surface area contributed by atoms with Gasteiger partial charge in [0.25, 0.3) is 0 Å². The molecule has 0 spiro atoms. The summed E-state index contributed by atoms with van der Waals surface area (Å²) in [6.45, 7) is 6.30. The van der Waals surface area contributed by atoms with E-state index in [1.54, 1.807) is 18.2 Å². The molecule has 2 rings (SSSR count). The first-order valence-corrected chi connectivity index (χ1v) is 7.47. The molecule has 118 valence electrons. The molecule has 0 heterocycles. The lowest BCUT2D eigenvalue weighted by Gasteiger charge is -2.11. The van der Waals surface area contributed by atoms with E-state index in [0.29, 0.717) is 23.7 Å². The van der Waals surface area contributed by atoms with Crippen LogP contribution < -0.4 is 9.47 Å². The number of hydrogen-bond acceptors (Lipinski definition) is 4. The van der Waals surface area contributed by atoms with Crippen molar-refractivity contribution in [3.8, 4) is 17.6 Å². The molecule has 0 bridgehead atoms. The van der Waals surface area contributed by atoms with Gasteiger partial charge in [0.1, 0.15) is 0 Å². The Bertz CT molecular complexity index is 760. The number of ether oxygens (including phenoxy) is 2. The second-order valence-corrected chi connectivity index (χ2v) is 5.28. The summed E-state index contributed by atoms with van der Waals surface area (Å²) in [6.07, 6.45) is 0.187. The van der Waals surface area contributed by atoms with Gasteiger partial charge in [-0.1, -0.05) is 18.2 Å². The number of nitrogens with zero attached hydrogens (tertiary/aromatic N) is 1. The summed E-state index contributed by atoms with van der Waals surface area (Å²) in [7, 11) is 0. The van der Waals surface area contributed by atoms with Crippen molar-refractivity contribution in [3.63, 3.8) is 0 Å². The topological polar surface area (TPSA) is 59.3 Å². The van der Waals surface area contributed by atoms with Crippen molar-refractivity contribution in [2.75, 3.05) is 6.61 Å². The van der Waals surface area contributed by atoms with Gasteiger partial charge in [-0.05, 0) is 49.6 Å². The third kappa shape index (κ3) is 4.33. The minimum atomic E-state index is -0.362. The Labute approximate surface area is 136 Å². The molecule has 0 aromatic heterocycles. The van der Waals surface area contributed by atoms with Gasteiger partial charge in [-0.3, -0.25) is 4.79 Å². The zero-order valence-corrected chi connectivity index (χ0v) is 13.6. The van der Waals surface area contributed by atoms with Crippen LogP contribution in [0.2, 0.25) is 0 Å². The molecule has 4 heteroatoms. The highest BCUT2D eigenvalue weighted by Crippen LogP contribution is 2.28. The predicted molar refractivity (Wildman–Crippen MR) is 87.6 cm³/mol. The smallest absolute Gasteiger partial charge is 0.315 e. The van der Waals surface area contributed by atoms with Crippen LogP contribution in [0, 0.1) is 25.2 Å². The van der Waals surface area contributed by atoms with E-state index >= 15 is 0 Å². The quantitative estimate of drug-likeness (QED) is 0.624. The molecule has 23 heavy (non-hydrogen) atoms. The highest BCUT2D eigenvalue weighted by Gasteiger charge is 2.12. The van der Waals surface area contributed by atoms with Crippen LogP contribution in [-0.4, -0.2) is 12.6 Å². The second-order valence-electron chi connectivity index (χ2n) is 5.28. The summed E-state index contributed by atoms with van der Waals surface area (Å²) in [5.74, 6) is 0.374. The maximum Gasteiger partial charge on any atom is 0.315 e. The first kappa shape index (κ1) is 16.6. The molecule has 0 aliphatic heterocycles. The fourth-order valence-corrected chi connectivity index (χ4v) is 2.17. The van der Waals surface area contributed by atoms with Gasteiger partial charge in [0.15, 0.2) is 11.5 Å². The molecule has 4 nitrogen and oxygen atoms in total. The molecule has 0 radical (unpaired) electrons. The largest absolute Gasteiger partial charge is 0.490 e. The normalized spacial score (nSPS) is 10.0. The van der Waals surface area contributed by atoms with E-state index in [4.69, 9.17) is 14.7 Å². The first-order chi connectivity index (χ1) is 11.0. The van der Waals surface area contributed by atoms with Crippen LogP contribution in [-0.2, 0) is 11.2 Å². The Morgan fingerprint density at radius 3 is 2.52 bits per heavy atom. The number of hydrogen-bond donors (Lipinski definition) is 0. The third-order valence-electron chi connectivity index (χ3n) is 3.52. The Hall–Kier alpha value is -2.80. The summed E-state index contributed by atoms with van der Waals surface area (Å²) in [5, 5.41) is 8.93. The SMILES string of the molecule is CCOc1cc(C#N)ccc1OC(=O)Cc1ccc(C)c(C)c1. The molecule has 0 atom stereocenters. The van der Waals surface area contributed by atoms with Crippen molar-refractivity contribution in [2.45, 2.75) is 27.2 Å². The number of benzene rings is 2. The van der Waals surface area contributed by atoms with Crippen molar-refractivity contribution < 1.29 is 14.3 Å². The molecule has 0 aliphatic rings. The average molecular weight is 309 g/mol. The number of nitriles is 1. The maximum atomic E-state index is 12.1. The summed E-state index contributed by atoms with van der Waals surface area (Å²) in [4.78, 5) is 12.1. The predicted octanol–water partition coefficient (Wildman–Crippen LogP) is 3.72. The fraction of sp³-hybridized carbons (Fsp3) is 0.263. The van der Waals surface area contributed by atoms with E-state index in [-0.39, 0.29) is 12.4 Å². The van der Waals surface area contributed by atoms with Gasteiger partial charge in [-0.15, -0.1) is 0 Å². The van der Waals surface area contributed by atoms with Gasteiger partial charge >= 0.3 is 5.97 Å². The minimum absolute atomic E-state index is 0.187. The van der Waals surface area contributed by atoms with Gasteiger partial charge < -0.3 is 9.47 Å². The first-order valence-electron chi connectivity index (χ1n) is 7.47. The van der Waals surface area contributed by atoms with Gasteiger partial charge in [0.2, 0.25) is 0 Å². The van der Waals surface area contributed by atoms with E-state index in [9.17, 15) is 4.79 Å². The average Bonchev–Trinajstić information content (AvgIpc) is 2.53. The second kappa shape index (κ2) is 7.46. The molecule has 2 aromatic rings. The molecule has 0 saturated carbocycles. The lowest BCUT2D eigenvalue weighted by Crippen LogP contribution is -2.12. The summed E-state index contributed by atoms with van der Waals surface area (Å²) in [5.41, 5.74) is 3.70. The number of rotatable bonds is 5. The number of carbonyl (C=O) groups excluding carboxylic acids is 1. The van der Waals surface area contributed by atoms with Crippen LogP contribution >= 0.6 is 0 Å². The maximum absolute atomic E-state index is 12.1. The van der Waals surface area contributed by atoms with E-state index in [2.05, 4.69) is 0 Å². The van der Waals surface area contributed by atoms with Crippen LogP contribution in [0.3, 0.4) is 0 Å². The Kier molecular flexibility index (Phi) is 5.37. The Morgan fingerprint density at radius 2 is 1.87 bits per heavy atom. The fourth-order valence-electron chi connectivity index (χ4n) is 2.17. The van der Waals surface area contributed by atoms with Gasteiger partial charge in [-0.2, -0.15) is 5.26 Å². The monoisotopic (exact) mass is 309 g/mol. The van der Waals surface area contributed by atoms with Crippen molar-refractivity contribution >= 4 is 5.97 Å². The van der Waals surface area contributed by atoms with Gasteiger partial charge in [0.05, 0.1) is 24.7 Å². The summed E-state index contributed by atoms with van der Waals surface area (Å²) in [6, 6.07) is 12.7. The lowest BCUT2D eigenvalue weighted by atomic mass is 10.0. The molecule has 0 N–H and O–H groups in total. The molecule has 0 saturated heterocycles. The van der Waals surface area contributed by atoms with Crippen LogP contribution in [0.15, 0.2) is 36.4 Å². The van der Waals surface area contributed by atoms with Gasteiger partial charge in [0, 0.05) is 6.07 Å². The van der Waals surface area contributed by atoms with E-state index < -0.39 is 0 Å². The summed E-state index contributed by atoms with van der Waals surface area (Å²) >= 11 is 0. The third-order valence-corrected chi connectivity index (χ3v) is 3.52. The number of aryl methyl sites for hydroxylation is 2. The molecule has 0 unspecified atom stereocenters. The molecular formula is C19H19NO3. The van der Waals surface area contributed by atoms with Crippen molar-refractivity contribution in [1.82, 2.24) is 0 Å². The van der Waals surface area contributed by atoms with Crippen molar-refractivity contribution in [3.05, 3.63) is 58.7 Å². The minimum Gasteiger partial charge on any atom is -0.490 e. The van der Waals surface area contributed by atoms with E-state index in [1.807, 2.05) is 45.0 Å². The molecular weight excluding hydrogens is 290 g/mol. The van der Waals surface area contributed by atoms with Gasteiger partial charge in [-0.25, -0.2) is 0 Å². The van der Waals surface area contributed by atoms with Crippen LogP contribution in [0.25, 0.3) is 0 Å². The van der Waals surface area contributed by atoms with Crippen LogP contribution in [0.1, 0.15) is 29.2 Å². The van der Waals surface area contributed by atoms with Crippen LogP contribution in [0.5, 0.6) is 11.5 Å². The zero-order chi connectivity index (χ0) is 16.8. The Balaban J connectivity index is 2.13. The number of carbonyl (C=O) groups is 1. The van der Waals surface area contributed by atoms with Crippen LogP contribution in [0.4, 0.5) is 0 Å². The number of esters is 1. The molecule has 0 fully saturated rings. The summed E-state index contributed by atoms with van der Waals surface area (Å²) < 4.78 is 10.8. The zero-order valence-electron chi connectivity index (χ0n) is 13.6.